The van der Waals surface area contributed by atoms with E-state index in [0.29, 0.717) is 28.6 Å². The Bertz CT molecular complexity index is 1030. The molecular weight excluding hydrogens is 410 g/mol. The van der Waals surface area contributed by atoms with Gasteiger partial charge in [-0.1, -0.05) is 18.2 Å². The van der Waals surface area contributed by atoms with E-state index in [1.165, 1.54) is 20.3 Å². The van der Waals surface area contributed by atoms with Crippen LogP contribution in [0.25, 0.3) is 6.08 Å². The lowest BCUT2D eigenvalue weighted by molar-refractivity contribution is -0.143. The lowest BCUT2D eigenvalue weighted by Crippen LogP contribution is -2.34. The maximum absolute atomic E-state index is 12.5. The normalized spacial score (nSPS) is 14.7. The van der Waals surface area contributed by atoms with Gasteiger partial charge in [0.1, 0.15) is 18.0 Å². The van der Waals surface area contributed by atoms with Gasteiger partial charge in [-0.25, -0.2) is 4.79 Å². The first-order valence-corrected chi connectivity index (χ1v) is 9.52. The molecular formula is C21H17NO7S. The van der Waals surface area contributed by atoms with Crippen molar-refractivity contribution in [1.82, 2.24) is 4.90 Å². The predicted octanol–water partition coefficient (Wildman–Crippen LogP) is 3.12. The van der Waals surface area contributed by atoms with E-state index in [9.17, 15) is 19.2 Å². The Morgan fingerprint density at radius 3 is 2.40 bits per heavy atom. The van der Waals surface area contributed by atoms with Gasteiger partial charge < -0.3 is 14.2 Å². The minimum atomic E-state index is -0.702. The molecule has 0 spiro atoms. The number of amides is 2. The first-order chi connectivity index (χ1) is 14.4. The zero-order chi connectivity index (χ0) is 21.7. The number of carbonyl (C=O) groups excluding carboxylic acids is 4. The fourth-order valence-electron chi connectivity index (χ4n) is 2.55. The number of benzene rings is 2. The summed E-state index contributed by atoms with van der Waals surface area (Å²) in [5.74, 6) is -1.08. The Morgan fingerprint density at radius 1 is 1.03 bits per heavy atom. The van der Waals surface area contributed by atoms with Gasteiger partial charge in [-0.15, -0.1) is 0 Å². The number of carbonyl (C=O) groups is 4. The average Bonchev–Trinajstić information content (AvgIpc) is 3.02. The van der Waals surface area contributed by atoms with E-state index in [4.69, 9.17) is 9.47 Å². The fourth-order valence-corrected chi connectivity index (χ4v) is 3.38. The highest BCUT2D eigenvalue weighted by molar-refractivity contribution is 8.18. The zero-order valence-corrected chi connectivity index (χ0v) is 16.9. The number of esters is 2. The number of methoxy groups -OCH3 is 2. The largest absolute Gasteiger partial charge is 0.497 e. The minimum absolute atomic E-state index is 0.108. The van der Waals surface area contributed by atoms with E-state index in [1.807, 2.05) is 0 Å². The molecule has 8 nitrogen and oxygen atoms in total. The van der Waals surface area contributed by atoms with Crippen LogP contribution in [0, 0.1) is 0 Å². The summed E-state index contributed by atoms with van der Waals surface area (Å²) in [5, 5.41) is -0.579. The van der Waals surface area contributed by atoms with Crippen LogP contribution in [0.3, 0.4) is 0 Å². The molecule has 3 rings (SSSR count). The lowest BCUT2D eigenvalue weighted by Gasteiger charge is -2.10. The number of para-hydroxylation sites is 1. The van der Waals surface area contributed by atoms with Gasteiger partial charge in [0.2, 0.25) is 0 Å². The topological polar surface area (TPSA) is 99.2 Å². The van der Waals surface area contributed by atoms with E-state index in [2.05, 4.69) is 4.74 Å². The molecule has 1 fully saturated rings. The highest BCUT2D eigenvalue weighted by Gasteiger charge is 2.36. The monoisotopic (exact) mass is 427 g/mol. The molecule has 9 heteroatoms. The van der Waals surface area contributed by atoms with Gasteiger partial charge in [-0.05, 0) is 48.2 Å². The number of hydrogen-bond donors (Lipinski definition) is 0. The van der Waals surface area contributed by atoms with Crippen LogP contribution < -0.4 is 9.47 Å². The van der Waals surface area contributed by atoms with Crippen molar-refractivity contribution in [2.45, 2.75) is 0 Å². The second kappa shape index (κ2) is 9.27. The summed E-state index contributed by atoms with van der Waals surface area (Å²) in [6.45, 7) is -0.466. The minimum Gasteiger partial charge on any atom is -0.497 e. The molecule has 0 aromatic heterocycles. The molecule has 1 saturated heterocycles. The molecule has 154 valence electrons. The molecule has 0 N–H and O–H groups in total. The van der Waals surface area contributed by atoms with Crippen molar-refractivity contribution in [3.8, 4) is 11.5 Å². The third-order valence-electron chi connectivity index (χ3n) is 4.12. The van der Waals surface area contributed by atoms with Gasteiger partial charge in [0.15, 0.2) is 0 Å². The first-order valence-electron chi connectivity index (χ1n) is 8.70. The average molecular weight is 427 g/mol. The molecule has 0 bridgehead atoms. The van der Waals surface area contributed by atoms with Crippen LogP contribution in [0.1, 0.15) is 15.9 Å². The van der Waals surface area contributed by atoms with Crippen molar-refractivity contribution in [3.05, 3.63) is 64.6 Å². The summed E-state index contributed by atoms with van der Waals surface area (Å²) >= 11 is 0.694. The van der Waals surface area contributed by atoms with Crippen molar-refractivity contribution < 1.29 is 33.4 Å². The number of rotatable bonds is 6. The van der Waals surface area contributed by atoms with Crippen molar-refractivity contribution >= 4 is 40.9 Å². The summed E-state index contributed by atoms with van der Waals surface area (Å²) in [7, 11) is 2.70. The molecule has 0 radical (unpaired) electrons. The Labute approximate surface area is 176 Å². The number of nitrogens with zero attached hydrogens (tertiary/aromatic N) is 1. The first kappa shape index (κ1) is 21.1. The third kappa shape index (κ3) is 4.69. The molecule has 0 atom stereocenters. The molecule has 2 aromatic rings. The maximum Gasteiger partial charge on any atom is 0.343 e. The van der Waals surface area contributed by atoms with Crippen LogP contribution in [-0.2, 0) is 14.3 Å². The molecule has 1 aliphatic rings. The second-order valence-corrected chi connectivity index (χ2v) is 6.99. The Kier molecular flexibility index (Phi) is 6.53. The molecule has 0 unspecified atom stereocenters. The van der Waals surface area contributed by atoms with Gasteiger partial charge in [0.05, 0.1) is 24.7 Å². The fraction of sp³-hybridized carbons (Fsp3) is 0.143. The molecule has 30 heavy (non-hydrogen) atoms. The third-order valence-corrected chi connectivity index (χ3v) is 5.03. The van der Waals surface area contributed by atoms with Gasteiger partial charge in [0, 0.05) is 5.56 Å². The maximum atomic E-state index is 12.5. The SMILES string of the molecule is COC(=O)CN1C(=O)S/C(=C\c2ccccc2OC(=O)c2ccc(OC)cc2)C1=O. The van der Waals surface area contributed by atoms with Crippen LogP contribution in [0.15, 0.2) is 53.4 Å². The Morgan fingerprint density at radius 2 is 1.73 bits per heavy atom. The molecule has 1 aliphatic heterocycles. The predicted molar refractivity (Wildman–Crippen MR) is 109 cm³/mol. The van der Waals surface area contributed by atoms with Crippen molar-refractivity contribution in [2.24, 2.45) is 0 Å². The summed E-state index contributed by atoms with van der Waals surface area (Å²) in [6.07, 6.45) is 1.44. The van der Waals surface area contributed by atoms with E-state index in [-0.39, 0.29) is 10.7 Å². The summed E-state index contributed by atoms with van der Waals surface area (Å²) in [4.78, 5) is 49.3. The van der Waals surface area contributed by atoms with E-state index >= 15 is 0 Å². The van der Waals surface area contributed by atoms with Crippen molar-refractivity contribution in [2.75, 3.05) is 20.8 Å². The molecule has 1 heterocycles. The second-order valence-electron chi connectivity index (χ2n) is 6.00. The summed E-state index contributed by atoms with van der Waals surface area (Å²) in [5.41, 5.74) is 0.756. The number of ether oxygens (including phenoxy) is 3. The molecule has 2 amide bonds. The quantitative estimate of drug-likeness (QED) is 0.394. The van der Waals surface area contributed by atoms with Gasteiger partial charge >= 0.3 is 11.9 Å². The van der Waals surface area contributed by atoms with Crippen LogP contribution in [-0.4, -0.2) is 48.7 Å². The van der Waals surface area contributed by atoms with Gasteiger partial charge in [0.25, 0.3) is 11.1 Å². The Balaban J connectivity index is 1.81. The summed E-state index contributed by atoms with van der Waals surface area (Å²) < 4.78 is 15.0. The highest BCUT2D eigenvalue weighted by Crippen LogP contribution is 2.34. The van der Waals surface area contributed by atoms with Crippen molar-refractivity contribution in [1.29, 1.82) is 0 Å². The number of imide groups is 1. The van der Waals surface area contributed by atoms with Crippen LogP contribution in [0.2, 0.25) is 0 Å². The highest BCUT2D eigenvalue weighted by atomic mass is 32.2. The smallest absolute Gasteiger partial charge is 0.343 e. The van der Waals surface area contributed by atoms with E-state index < -0.39 is 29.6 Å². The standard InChI is InChI=1S/C21H17NO7S/c1-27-15-9-7-13(8-10-15)20(25)29-16-6-4-3-5-14(16)11-17-19(24)22(21(26)30-17)12-18(23)28-2/h3-11H,12H2,1-2H3/b17-11-. The van der Waals surface area contributed by atoms with Crippen molar-refractivity contribution in [3.63, 3.8) is 0 Å². The lowest BCUT2D eigenvalue weighted by atomic mass is 10.1. The van der Waals surface area contributed by atoms with Gasteiger partial charge in [-0.3, -0.25) is 19.3 Å². The van der Waals surface area contributed by atoms with Crippen LogP contribution in [0.5, 0.6) is 11.5 Å². The summed E-state index contributed by atoms with van der Waals surface area (Å²) in [6, 6.07) is 13.0. The van der Waals surface area contributed by atoms with Crippen LogP contribution >= 0.6 is 11.8 Å². The Hall–Kier alpha value is -3.59. The molecule has 0 aliphatic carbocycles. The zero-order valence-electron chi connectivity index (χ0n) is 16.1. The van der Waals surface area contributed by atoms with E-state index in [1.54, 1.807) is 48.5 Å². The number of hydrogen-bond acceptors (Lipinski definition) is 8. The molecule has 2 aromatic carbocycles. The number of thioether (sulfide) groups is 1. The van der Waals surface area contributed by atoms with Crippen LogP contribution in [0.4, 0.5) is 4.79 Å². The molecule has 0 saturated carbocycles. The van der Waals surface area contributed by atoms with E-state index in [0.717, 1.165) is 4.90 Å². The van der Waals surface area contributed by atoms with Gasteiger partial charge in [-0.2, -0.15) is 0 Å².